The quantitative estimate of drug-likeness (QED) is 0.835. The number of hydrogen-bond acceptors (Lipinski definition) is 3. The van der Waals surface area contributed by atoms with Crippen LogP contribution in [0.2, 0.25) is 0 Å². The molecule has 18 heavy (non-hydrogen) atoms. The number of para-hydroxylation sites is 1. The Kier molecular flexibility index (Phi) is 3.09. The zero-order valence-corrected chi connectivity index (χ0v) is 9.75. The van der Waals surface area contributed by atoms with Gasteiger partial charge in [0.05, 0.1) is 11.3 Å². The summed E-state index contributed by atoms with van der Waals surface area (Å²) in [5.41, 5.74) is 6.29. The number of carbonyl (C=O) groups excluding carboxylic acids is 2. The Balaban J connectivity index is 2.28. The molecule has 1 aromatic carbocycles. The van der Waals surface area contributed by atoms with E-state index < -0.39 is 5.91 Å². The number of nitrogens with two attached hydrogens (primary N) is 1. The van der Waals surface area contributed by atoms with Gasteiger partial charge >= 0.3 is 0 Å². The molecule has 0 saturated heterocycles. The van der Waals surface area contributed by atoms with Crippen molar-refractivity contribution in [3.05, 3.63) is 47.8 Å². The van der Waals surface area contributed by atoms with Crippen LogP contribution in [-0.2, 0) is 7.05 Å². The predicted molar refractivity (Wildman–Crippen MR) is 66.1 cm³/mol. The van der Waals surface area contributed by atoms with Crippen molar-refractivity contribution in [2.45, 2.75) is 0 Å². The maximum atomic E-state index is 11.9. The Labute approximate surface area is 103 Å². The highest BCUT2D eigenvalue weighted by atomic mass is 16.2. The largest absolute Gasteiger partial charge is 0.366 e. The van der Waals surface area contributed by atoms with Crippen LogP contribution >= 0.6 is 0 Å². The smallest absolute Gasteiger partial charge is 0.273 e. The second kappa shape index (κ2) is 4.70. The molecule has 92 valence electrons. The van der Waals surface area contributed by atoms with Crippen LogP contribution in [0.4, 0.5) is 5.69 Å². The summed E-state index contributed by atoms with van der Waals surface area (Å²) >= 11 is 0. The fraction of sp³-hybridized carbons (Fsp3) is 0.0833. The second-order valence-electron chi connectivity index (χ2n) is 3.70. The third kappa shape index (κ3) is 2.22. The summed E-state index contributed by atoms with van der Waals surface area (Å²) in [5.74, 6) is -0.931. The summed E-state index contributed by atoms with van der Waals surface area (Å²) in [6, 6.07) is 8.16. The van der Waals surface area contributed by atoms with E-state index in [0.29, 0.717) is 11.4 Å². The molecular weight excluding hydrogens is 232 g/mol. The molecule has 6 nitrogen and oxygen atoms in total. The number of nitrogens with zero attached hydrogens (tertiary/aromatic N) is 2. The number of nitrogens with one attached hydrogen (secondary N) is 1. The number of amides is 2. The van der Waals surface area contributed by atoms with Gasteiger partial charge in [-0.25, -0.2) is 0 Å². The van der Waals surface area contributed by atoms with Crippen molar-refractivity contribution >= 4 is 17.5 Å². The van der Waals surface area contributed by atoms with E-state index in [9.17, 15) is 9.59 Å². The number of carbonyl (C=O) groups is 2. The fourth-order valence-electron chi connectivity index (χ4n) is 1.59. The first-order valence-electron chi connectivity index (χ1n) is 5.28. The second-order valence-corrected chi connectivity index (χ2v) is 3.70. The molecule has 1 heterocycles. The monoisotopic (exact) mass is 244 g/mol. The maximum absolute atomic E-state index is 11.9. The van der Waals surface area contributed by atoms with Crippen LogP contribution in [0.5, 0.6) is 0 Å². The van der Waals surface area contributed by atoms with Crippen molar-refractivity contribution in [1.29, 1.82) is 0 Å². The van der Waals surface area contributed by atoms with Crippen LogP contribution in [-0.4, -0.2) is 21.6 Å². The first-order chi connectivity index (χ1) is 8.59. The van der Waals surface area contributed by atoms with Crippen LogP contribution in [0.25, 0.3) is 0 Å². The molecule has 0 saturated carbocycles. The van der Waals surface area contributed by atoms with Gasteiger partial charge in [0, 0.05) is 13.2 Å². The highest BCUT2D eigenvalue weighted by Crippen LogP contribution is 2.15. The van der Waals surface area contributed by atoms with Gasteiger partial charge in [-0.2, -0.15) is 5.10 Å². The van der Waals surface area contributed by atoms with Crippen molar-refractivity contribution in [3.8, 4) is 0 Å². The summed E-state index contributed by atoms with van der Waals surface area (Å²) in [7, 11) is 1.66. The minimum atomic E-state index is -0.587. The molecule has 0 bridgehead atoms. The predicted octanol–water partition coefficient (Wildman–Crippen LogP) is 0.771. The van der Waals surface area contributed by atoms with Crippen LogP contribution < -0.4 is 11.1 Å². The van der Waals surface area contributed by atoms with E-state index in [1.807, 2.05) is 0 Å². The van der Waals surface area contributed by atoms with Gasteiger partial charge in [0.2, 0.25) is 0 Å². The first kappa shape index (κ1) is 11.8. The lowest BCUT2D eigenvalue weighted by Gasteiger charge is -2.08. The first-order valence-corrected chi connectivity index (χ1v) is 5.28. The van der Waals surface area contributed by atoms with Crippen LogP contribution in [0.15, 0.2) is 36.5 Å². The lowest BCUT2D eigenvalue weighted by molar-refractivity contribution is 0.100. The summed E-state index contributed by atoms with van der Waals surface area (Å²) < 4.78 is 1.45. The molecular formula is C12H12N4O2. The van der Waals surface area contributed by atoms with E-state index in [-0.39, 0.29) is 11.5 Å². The summed E-state index contributed by atoms with van der Waals surface area (Å²) in [4.78, 5) is 23.2. The summed E-state index contributed by atoms with van der Waals surface area (Å²) in [5, 5.41) is 6.54. The molecule has 0 fully saturated rings. The number of aryl methyl sites for hydroxylation is 1. The lowest BCUT2D eigenvalue weighted by Crippen LogP contribution is -2.20. The van der Waals surface area contributed by atoms with Crippen molar-refractivity contribution in [2.24, 2.45) is 12.8 Å². The summed E-state index contributed by atoms with van der Waals surface area (Å²) in [6.07, 6.45) is 1.52. The van der Waals surface area contributed by atoms with Gasteiger partial charge in [-0.3, -0.25) is 14.3 Å². The SMILES string of the molecule is Cn1nccc1C(=O)Nc1ccccc1C(N)=O. The van der Waals surface area contributed by atoms with Gasteiger partial charge in [0.15, 0.2) is 0 Å². The van der Waals surface area contributed by atoms with Gasteiger partial charge in [-0.1, -0.05) is 12.1 Å². The van der Waals surface area contributed by atoms with E-state index in [1.54, 1.807) is 37.4 Å². The third-order valence-electron chi connectivity index (χ3n) is 2.49. The van der Waals surface area contributed by atoms with Gasteiger partial charge in [0.1, 0.15) is 5.69 Å². The van der Waals surface area contributed by atoms with Gasteiger partial charge in [-0.15, -0.1) is 0 Å². The highest BCUT2D eigenvalue weighted by molar-refractivity contribution is 6.07. The molecule has 1 aromatic heterocycles. The van der Waals surface area contributed by atoms with E-state index in [0.717, 1.165) is 0 Å². The molecule has 3 N–H and O–H groups in total. The minimum absolute atomic E-state index is 0.271. The number of anilines is 1. The van der Waals surface area contributed by atoms with Gasteiger partial charge in [-0.05, 0) is 18.2 Å². The molecule has 2 aromatic rings. The zero-order valence-electron chi connectivity index (χ0n) is 9.75. The topological polar surface area (TPSA) is 90.0 Å². The third-order valence-corrected chi connectivity index (χ3v) is 2.49. The molecule has 0 aliphatic rings. The molecule has 0 unspecified atom stereocenters. The highest BCUT2D eigenvalue weighted by Gasteiger charge is 2.13. The number of benzene rings is 1. The van der Waals surface area contributed by atoms with E-state index in [1.165, 1.54) is 10.9 Å². The molecule has 2 amide bonds. The van der Waals surface area contributed by atoms with Crippen molar-refractivity contribution in [3.63, 3.8) is 0 Å². The van der Waals surface area contributed by atoms with E-state index in [2.05, 4.69) is 10.4 Å². The molecule has 0 spiro atoms. The Bertz CT molecular complexity index is 604. The van der Waals surface area contributed by atoms with Gasteiger partial charge < -0.3 is 11.1 Å². The lowest BCUT2D eigenvalue weighted by atomic mass is 10.1. The maximum Gasteiger partial charge on any atom is 0.273 e. The van der Waals surface area contributed by atoms with E-state index in [4.69, 9.17) is 5.73 Å². The Morgan fingerprint density at radius 3 is 2.61 bits per heavy atom. The van der Waals surface area contributed by atoms with Crippen molar-refractivity contribution < 1.29 is 9.59 Å². The minimum Gasteiger partial charge on any atom is -0.366 e. The molecule has 0 atom stereocenters. The van der Waals surface area contributed by atoms with Crippen LogP contribution in [0.1, 0.15) is 20.8 Å². The van der Waals surface area contributed by atoms with Gasteiger partial charge in [0.25, 0.3) is 11.8 Å². The van der Waals surface area contributed by atoms with Crippen LogP contribution in [0, 0.1) is 0 Å². The summed E-state index contributed by atoms with van der Waals surface area (Å²) in [6.45, 7) is 0. The zero-order chi connectivity index (χ0) is 13.1. The average molecular weight is 244 g/mol. The molecule has 6 heteroatoms. The standard InChI is InChI=1S/C12H12N4O2/c1-16-10(6-7-14-16)12(18)15-9-5-3-2-4-8(9)11(13)17/h2-7H,1H3,(H2,13,17)(H,15,18). The van der Waals surface area contributed by atoms with Crippen LogP contribution in [0.3, 0.4) is 0 Å². The number of hydrogen-bond donors (Lipinski definition) is 2. The Hall–Kier alpha value is -2.63. The molecule has 0 aliphatic heterocycles. The Morgan fingerprint density at radius 1 is 1.28 bits per heavy atom. The molecule has 0 aliphatic carbocycles. The number of aromatic nitrogens is 2. The molecule has 0 radical (unpaired) electrons. The fourth-order valence-corrected chi connectivity index (χ4v) is 1.59. The normalized spacial score (nSPS) is 10.1. The number of primary amides is 1. The molecule has 2 rings (SSSR count). The van der Waals surface area contributed by atoms with E-state index >= 15 is 0 Å². The average Bonchev–Trinajstić information content (AvgIpc) is 2.76. The van der Waals surface area contributed by atoms with Crippen molar-refractivity contribution in [2.75, 3.05) is 5.32 Å². The Morgan fingerprint density at radius 2 is 2.00 bits per heavy atom. The number of rotatable bonds is 3. The van der Waals surface area contributed by atoms with Crippen molar-refractivity contribution in [1.82, 2.24) is 9.78 Å².